The van der Waals surface area contributed by atoms with E-state index in [1.165, 1.54) is 6.20 Å². The monoisotopic (exact) mass is 164 g/mol. The van der Waals surface area contributed by atoms with Gasteiger partial charge in [0.05, 0.1) is 18.4 Å². The molecule has 1 aromatic heterocycles. The van der Waals surface area contributed by atoms with E-state index in [0.717, 1.165) is 5.56 Å². The van der Waals surface area contributed by atoms with Gasteiger partial charge in [-0.2, -0.15) is 0 Å². The predicted molar refractivity (Wildman–Crippen MR) is 43.8 cm³/mol. The van der Waals surface area contributed by atoms with Crippen LogP contribution in [-0.4, -0.2) is 17.6 Å². The number of nitrogens with zero attached hydrogens (tertiary/aromatic N) is 1. The lowest BCUT2D eigenvalue weighted by Crippen LogP contribution is -2.05. The van der Waals surface area contributed by atoms with Gasteiger partial charge in [0.15, 0.2) is 0 Å². The van der Waals surface area contributed by atoms with Gasteiger partial charge < -0.3 is 4.74 Å². The van der Waals surface area contributed by atoms with Crippen LogP contribution in [0, 0.1) is 13.1 Å². The van der Waals surface area contributed by atoms with Crippen molar-refractivity contribution in [2.24, 2.45) is 0 Å². The minimum absolute atomic E-state index is 0.331. The molecule has 1 radical (unpaired) electrons. The maximum atomic E-state index is 11.1. The molecule has 1 heterocycles. The van der Waals surface area contributed by atoms with Crippen LogP contribution in [0.4, 0.5) is 0 Å². The van der Waals surface area contributed by atoms with Gasteiger partial charge in [0.25, 0.3) is 0 Å². The Morgan fingerprint density at radius 1 is 1.75 bits per heavy atom. The number of rotatable bonds is 2. The van der Waals surface area contributed by atoms with Crippen molar-refractivity contribution in [3.8, 4) is 0 Å². The number of aromatic nitrogens is 1. The van der Waals surface area contributed by atoms with Gasteiger partial charge in [-0.15, -0.1) is 0 Å². The summed E-state index contributed by atoms with van der Waals surface area (Å²) in [6.45, 7) is 3.99. The van der Waals surface area contributed by atoms with Crippen molar-refractivity contribution in [2.75, 3.05) is 6.61 Å². The molecule has 0 amide bonds. The number of carbonyl (C=O) groups is 1. The van der Waals surface area contributed by atoms with E-state index in [4.69, 9.17) is 4.74 Å². The molecule has 0 saturated heterocycles. The van der Waals surface area contributed by atoms with E-state index in [-0.39, 0.29) is 5.97 Å². The fourth-order valence-corrected chi connectivity index (χ4v) is 0.832. The lowest BCUT2D eigenvalue weighted by molar-refractivity contribution is 0.0526. The van der Waals surface area contributed by atoms with Crippen LogP contribution < -0.4 is 0 Å². The third kappa shape index (κ3) is 2.05. The summed E-state index contributed by atoms with van der Waals surface area (Å²) in [4.78, 5) is 14.9. The quantitative estimate of drug-likeness (QED) is 0.619. The van der Waals surface area contributed by atoms with Gasteiger partial charge in [-0.25, -0.2) is 4.79 Å². The molecule has 3 heteroatoms. The first-order chi connectivity index (χ1) is 5.74. The lowest BCUT2D eigenvalue weighted by atomic mass is 10.2. The average Bonchev–Trinajstić information content (AvgIpc) is 2.05. The molecule has 0 aromatic carbocycles. The van der Waals surface area contributed by atoms with Crippen molar-refractivity contribution >= 4 is 5.97 Å². The second-order valence-electron chi connectivity index (χ2n) is 2.37. The molecule has 0 saturated carbocycles. The molecule has 1 aromatic rings. The van der Waals surface area contributed by atoms with Crippen LogP contribution in [0.2, 0.25) is 0 Å². The topological polar surface area (TPSA) is 39.2 Å². The van der Waals surface area contributed by atoms with Crippen molar-refractivity contribution in [1.82, 2.24) is 4.98 Å². The zero-order valence-corrected chi connectivity index (χ0v) is 7.13. The highest BCUT2D eigenvalue weighted by molar-refractivity contribution is 5.89. The Morgan fingerprint density at radius 2 is 2.50 bits per heavy atom. The summed E-state index contributed by atoms with van der Waals surface area (Å²) in [5.74, 6) is -0.331. The Kier molecular flexibility index (Phi) is 2.80. The molecule has 12 heavy (non-hydrogen) atoms. The highest BCUT2D eigenvalue weighted by Gasteiger charge is 2.05. The first-order valence-electron chi connectivity index (χ1n) is 3.75. The van der Waals surface area contributed by atoms with E-state index in [2.05, 4.69) is 11.2 Å². The molecule has 0 aliphatic carbocycles. The first-order valence-corrected chi connectivity index (χ1v) is 3.75. The first kappa shape index (κ1) is 8.71. The fraction of sp³-hybridized carbons (Fsp3) is 0.333. The van der Waals surface area contributed by atoms with Crippen molar-refractivity contribution in [1.29, 1.82) is 0 Å². The van der Waals surface area contributed by atoms with Crippen molar-refractivity contribution < 1.29 is 9.53 Å². The Morgan fingerprint density at radius 3 is 3.08 bits per heavy atom. The summed E-state index contributed by atoms with van der Waals surface area (Å²) in [5, 5.41) is 0. The smallest absolute Gasteiger partial charge is 0.339 e. The number of carbonyl (C=O) groups excluding carboxylic acids is 1. The third-order valence-electron chi connectivity index (χ3n) is 1.33. The highest BCUT2D eigenvalue weighted by Crippen LogP contribution is 2.02. The maximum absolute atomic E-state index is 11.1. The predicted octanol–water partition coefficient (Wildman–Crippen LogP) is 1.37. The van der Waals surface area contributed by atoms with Gasteiger partial charge in [-0.3, -0.25) is 4.98 Å². The molecular weight excluding hydrogens is 154 g/mol. The zero-order valence-electron chi connectivity index (χ0n) is 7.13. The molecule has 0 aliphatic heterocycles. The molecular formula is C9H10NO2. The molecule has 0 fully saturated rings. The summed E-state index contributed by atoms with van der Waals surface area (Å²) in [5.41, 5.74) is 1.31. The highest BCUT2D eigenvalue weighted by atomic mass is 16.5. The second-order valence-corrected chi connectivity index (χ2v) is 2.37. The van der Waals surface area contributed by atoms with E-state index in [0.29, 0.717) is 12.2 Å². The molecule has 0 bridgehead atoms. The van der Waals surface area contributed by atoms with Crippen LogP contribution in [0.15, 0.2) is 12.3 Å². The van der Waals surface area contributed by atoms with Gasteiger partial charge in [0.2, 0.25) is 0 Å². The second kappa shape index (κ2) is 3.85. The summed E-state index contributed by atoms with van der Waals surface area (Å²) in [6, 6.07) is 1.70. The van der Waals surface area contributed by atoms with Crippen molar-refractivity contribution in [2.45, 2.75) is 13.8 Å². The average molecular weight is 164 g/mol. The number of ether oxygens (including phenoxy) is 1. The molecule has 1 rings (SSSR count). The van der Waals surface area contributed by atoms with Gasteiger partial charge in [-0.1, -0.05) is 0 Å². The summed E-state index contributed by atoms with van der Waals surface area (Å²) in [6.07, 6.45) is 4.16. The molecule has 0 N–H and O–H groups in total. The van der Waals surface area contributed by atoms with Crippen molar-refractivity contribution in [3.63, 3.8) is 0 Å². The Balaban J connectivity index is 2.81. The van der Waals surface area contributed by atoms with Crippen LogP contribution in [-0.2, 0) is 4.74 Å². The van der Waals surface area contributed by atoms with Gasteiger partial charge in [0.1, 0.15) is 0 Å². The molecule has 0 aliphatic rings. The van der Waals surface area contributed by atoms with Crippen LogP contribution in [0.25, 0.3) is 0 Å². The number of hydrogen-bond donors (Lipinski definition) is 0. The van der Waals surface area contributed by atoms with E-state index in [1.54, 1.807) is 13.0 Å². The summed E-state index contributed by atoms with van der Waals surface area (Å²) >= 11 is 0. The molecule has 0 spiro atoms. The van der Waals surface area contributed by atoms with Crippen LogP contribution >= 0.6 is 0 Å². The Hall–Kier alpha value is -1.38. The van der Waals surface area contributed by atoms with Gasteiger partial charge >= 0.3 is 5.97 Å². The third-order valence-corrected chi connectivity index (χ3v) is 1.33. The van der Waals surface area contributed by atoms with Crippen LogP contribution in [0.1, 0.15) is 22.8 Å². The van der Waals surface area contributed by atoms with Gasteiger partial charge in [0, 0.05) is 6.20 Å². The fourth-order valence-electron chi connectivity index (χ4n) is 0.832. The summed E-state index contributed by atoms with van der Waals surface area (Å²) < 4.78 is 4.79. The Bertz CT molecular complexity index is 284. The summed E-state index contributed by atoms with van der Waals surface area (Å²) in [7, 11) is 0. The van der Waals surface area contributed by atoms with Crippen LogP contribution in [0.5, 0.6) is 0 Å². The zero-order chi connectivity index (χ0) is 8.97. The van der Waals surface area contributed by atoms with E-state index >= 15 is 0 Å². The minimum Gasteiger partial charge on any atom is -0.462 e. The number of pyridine rings is 1. The number of aryl methyl sites for hydroxylation is 1. The van der Waals surface area contributed by atoms with Crippen molar-refractivity contribution in [3.05, 3.63) is 29.6 Å². The van der Waals surface area contributed by atoms with Gasteiger partial charge in [-0.05, 0) is 25.5 Å². The van der Waals surface area contributed by atoms with E-state index in [9.17, 15) is 4.79 Å². The molecule has 63 valence electrons. The van der Waals surface area contributed by atoms with E-state index in [1.807, 2.05) is 6.92 Å². The minimum atomic E-state index is -0.331. The lowest BCUT2D eigenvalue weighted by Gasteiger charge is -2.00. The van der Waals surface area contributed by atoms with E-state index < -0.39 is 0 Å². The molecule has 0 atom stereocenters. The SMILES string of the molecule is CCOC(=O)c1cn[c]c(C)c1. The number of esters is 1. The normalized spacial score (nSPS) is 9.50. The van der Waals surface area contributed by atoms with Crippen LogP contribution in [0.3, 0.4) is 0 Å². The number of hydrogen-bond acceptors (Lipinski definition) is 3. The standard InChI is InChI=1S/C9H10NO2/c1-3-12-9(11)8-4-7(2)5-10-6-8/h4,6H,3H2,1-2H3. The Labute approximate surface area is 71.4 Å². The molecule has 0 unspecified atom stereocenters. The maximum Gasteiger partial charge on any atom is 0.339 e. The largest absolute Gasteiger partial charge is 0.462 e. The molecule has 3 nitrogen and oxygen atoms in total.